The third-order valence-electron chi connectivity index (χ3n) is 5.02. The van der Waals surface area contributed by atoms with Crippen molar-refractivity contribution in [3.8, 4) is 0 Å². The molecule has 0 unspecified atom stereocenters. The number of hydrogen-bond donors (Lipinski definition) is 1. The molecule has 2 aliphatic heterocycles. The van der Waals surface area contributed by atoms with E-state index in [4.69, 9.17) is 0 Å². The van der Waals surface area contributed by atoms with Gasteiger partial charge in [0.05, 0.1) is 11.4 Å². The van der Waals surface area contributed by atoms with E-state index in [1.807, 2.05) is 13.1 Å². The standard InChI is InChI=1S/C17H27N5O4S2/c1-14(23)18-13-15-3-4-16(27-15)17(24)20-7-11-22(12-8-20)28(25,26)21-9-5-19(2)6-10-21/h3-4H,5-13H2,1-2H3,(H,18,23). The summed E-state index contributed by atoms with van der Waals surface area (Å²) in [6.45, 7) is 5.71. The quantitative estimate of drug-likeness (QED) is 0.690. The number of carbonyl (C=O) groups is 2. The van der Waals surface area contributed by atoms with E-state index >= 15 is 0 Å². The first-order valence-corrected chi connectivity index (χ1v) is 11.5. The van der Waals surface area contributed by atoms with E-state index < -0.39 is 10.2 Å². The summed E-state index contributed by atoms with van der Waals surface area (Å²) in [6.07, 6.45) is 0. The summed E-state index contributed by atoms with van der Waals surface area (Å²) in [6, 6.07) is 3.60. The van der Waals surface area contributed by atoms with Gasteiger partial charge in [-0.05, 0) is 19.2 Å². The fourth-order valence-corrected chi connectivity index (χ4v) is 5.75. The molecule has 0 aromatic carbocycles. The van der Waals surface area contributed by atoms with E-state index in [2.05, 4.69) is 10.2 Å². The maximum atomic E-state index is 12.8. The van der Waals surface area contributed by atoms with Crippen LogP contribution < -0.4 is 5.32 Å². The first-order valence-electron chi connectivity index (χ1n) is 9.33. The number of rotatable bonds is 5. The van der Waals surface area contributed by atoms with Gasteiger partial charge < -0.3 is 15.1 Å². The molecule has 0 radical (unpaired) electrons. The predicted octanol–water partition coefficient (Wildman–Crippen LogP) is -0.366. The smallest absolute Gasteiger partial charge is 0.282 e. The molecule has 0 aliphatic carbocycles. The van der Waals surface area contributed by atoms with Crippen LogP contribution in [0.15, 0.2) is 12.1 Å². The van der Waals surface area contributed by atoms with Crippen LogP contribution in [0.1, 0.15) is 21.5 Å². The molecule has 0 spiro atoms. The molecule has 0 bridgehead atoms. The zero-order chi connectivity index (χ0) is 20.3. The number of likely N-dealkylation sites (N-methyl/N-ethyl adjacent to an activating group) is 1. The first kappa shape index (κ1) is 21.2. The lowest BCUT2D eigenvalue weighted by Gasteiger charge is -2.39. The van der Waals surface area contributed by atoms with E-state index in [0.717, 1.165) is 18.0 Å². The molecule has 3 heterocycles. The van der Waals surface area contributed by atoms with E-state index in [0.29, 0.717) is 50.7 Å². The molecule has 3 rings (SSSR count). The maximum absolute atomic E-state index is 12.8. The van der Waals surface area contributed by atoms with Crippen LogP contribution >= 0.6 is 11.3 Å². The van der Waals surface area contributed by atoms with Crippen molar-refractivity contribution in [1.82, 2.24) is 23.7 Å². The van der Waals surface area contributed by atoms with Gasteiger partial charge in [0.1, 0.15) is 0 Å². The second kappa shape index (κ2) is 8.87. The Morgan fingerprint density at radius 1 is 1.00 bits per heavy atom. The first-order chi connectivity index (χ1) is 13.3. The number of thiophene rings is 1. The van der Waals surface area contributed by atoms with E-state index in [-0.39, 0.29) is 11.8 Å². The summed E-state index contributed by atoms with van der Waals surface area (Å²) in [7, 11) is -1.48. The zero-order valence-corrected chi connectivity index (χ0v) is 17.9. The van der Waals surface area contributed by atoms with Crippen molar-refractivity contribution < 1.29 is 18.0 Å². The summed E-state index contributed by atoms with van der Waals surface area (Å²) in [5, 5.41) is 2.72. The van der Waals surface area contributed by atoms with Crippen molar-refractivity contribution in [2.24, 2.45) is 0 Å². The lowest BCUT2D eigenvalue weighted by Crippen LogP contribution is -2.57. The number of amides is 2. The second-order valence-corrected chi connectivity index (χ2v) is 10.2. The van der Waals surface area contributed by atoms with E-state index in [9.17, 15) is 18.0 Å². The SMILES string of the molecule is CC(=O)NCc1ccc(C(=O)N2CCN(S(=O)(=O)N3CCN(C)CC3)CC2)s1. The highest BCUT2D eigenvalue weighted by Gasteiger charge is 2.35. The van der Waals surface area contributed by atoms with Crippen molar-refractivity contribution in [1.29, 1.82) is 0 Å². The molecule has 156 valence electrons. The average molecular weight is 430 g/mol. The van der Waals surface area contributed by atoms with Crippen LogP contribution in [-0.2, 0) is 21.5 Å². The normalized spacial score (nSPS) is 20.3. The van der Waals surface area contributed by atoms with Crippen LogP contribution in [0.4, 0.5) is 0 Å². The molecular weight excluding hydrogens is 402 g/mol. The largest absolute Gasteiger partial charge is 0.351 e. The fraction of sp³-hybridized carbons (Fsp3) is 0.647. The molecular formula is C17H27N5O4S2. The van der Waals surface area contributed by atoms with Crippen molar-refractivity contribution in [3.05, 3.63) is 21.9 Å². The Morgan fingerprint density at radius 2 is 1.57 bits per heavy atom. The molecule has 2 aliphatic rings. The minimum Gasteiger partial charge on any atom is -0.351 e. The van der Waals surface area contributed by atoms with Gasteiger partial charge in [-0.2, -0.15) is 17.0 Å². The molecule has 2 saturated heterocycles. The Kier molecular flexibility index (Phi) is 6.71. The number of nitrogens with one attached hydrogen (secondary N) is 1. The van der Waals surface area contributed by atoms with Crippen LogP contribution in [0.25, 0.3) is 0 Å². The topological polar surface area (TPSA) is 93.3 Å². The highest BCUT2D eigenvalue weighted by atomic mass is 32.2. The Labute approximate surface area is 170 Å². The maximum Gasteiger partial charge on any atom is 0.282 e. The van der Waals surface area contributed by atoms with Gasteiger partial charge in [0, 0.05) is 64.2 Å². The van der Waals surface area contributed by atoms with Crippen molar-refractivity contribution in [2.45, 2.75) is 13.5 Å². The number of piperazine rings is 2. The summed E-state index contributed by atoms with van der Waals surface area (Å²) in [5.74, 6) is -0.199. The van der Waals surface area contributed by atoms with Crippen molar-refractivity contribution in [3.63, 3.8) is 0 Å². The fourth-order valence-electron chi connectivity index (χ4n) is 3.26. The number of nitrogens with zero attached hydrogens (tertiary/aromatic N) is 4. The number of carbonyl (C=O) groups excluding carboxylic acids is 2. The zero-order valence-electron chi connectivity index (χ0n) is 16.3. The van der Waals surface area contributed by atoms with Gasteiger partial charge in [-0.1, -0.05) is 0 Å². The monoisotopic (exact) mass is 429 g/mol. The summed E-state index contributed by atoms with van der Waals surface area (Å²) >= 11 is 1.36. The Balaban J connectivity index is 1.54. The van der Waals surface area contributed by atoms with Crippen LogP contribution in [-0.4, -0.2) is 98.0 Å². The molecule has 0 atom stereocenters. The molecule has 11 heteroatoms. The number of hydrogen-bond acceptors (Lipinski definition) is 6. The summed E-state index contributed by atoms with van der Waals surface area (Å²) in [5.41, 5.74) is 0. The third kappa shape index (κ3) is 4.90. The second-order valence-electron chi connectivity index (χ2n) is 7.08. The van der Waals surface area contributed by atoms with E-state index in [1.165, 1.54) is 26.9 Å². The van der Waals surface area contributed by atoms with Gasteiger partial charge >= 0.3 is 0 Å². The van der Waals surface area contributed by atoms with Crippen molar-refractivity contribution in [2.75, 3.05) is 59.4 Å². The molecule has 28 heavy (non-hydrogen) atoms. The van der Waals surface area contributed by atoms with E-state index in [1.54, 1.807) is 11.0 Å². The minimum absolute atomic E-state index is 0.0873. The minimum atomic E-state index is -3.47. The Hall–Kier alpha value is -1.53. The van der Waals surface area contributed by atoms with Gasteiger partial charge in [0.25, 0.3) is 16.1 Å². The molecule has 2 amide bonds. The molecule has 1 N–H and O–H groups in total. The van der Waals surface area contributed by atoms with Gasteiger partial charge in [-0.25, -0.2) is 0 Å². The lowest BCUT2D eigenvalue weighted by atomic mass is 10.3. The Bertz CT molecular complexity index is 809. The highest BCUT2D eigenvalue weighted by Crippen LogP contribution is 2.20. The van der Waals surface area contributed by atoms with Crippen LogP contribution in [0, 0.1) is 0 Å². The van der Waals surface area contributed by atoms with Crippen LogP contribution in [0.3, 0.4) is 0 Å². The van der Waals surface area contributed by atoms with Gasteiger partial charge in [0.15, 0.2) is 0 Å². The summed E-state index contributed by atoms with van der Waals surface area (Å²) < 4.78 is 28.7. The van der Waals surface area contributed by atoms with Gasteiger partial charge in [0.2, 0.25) is 5.91 Å². The molecule has 9 nitrogen and oxygen atoms in total. The average Bonchev–Trinajstić information content (AvgIpc) is 3.15. The third-order valence-corrected chi connectivity index (χ3v) is 8.13. The Morgan fingerprint density at radius 3 is 2.14 bits per heavy atom. The van der Waals surface area contributed by atoms with Gasteiger partial charge in [-0.15, -0.1) is 11.3 Å². The van der Waals surface area contributed by atoms with Crippen LogP contribution in [0.2, 0.25) is 0 Å². The van der Waals surface area contributed by atoms with Gasteiger partial charge in [-0.3, -0.25) is 9.59 Å². The van der Waals surface area contributed by atoms with Crippen LogP contribution in [0.5, 0.6) is 0 Å². The molecule has 0 saturated carbocycles. The molecule has 1 aromatic heterocycles. The predicted molar refractivity (Wildman–Crippen MR) is 107 cm³/mol. The summed E-state index contributed by atoms with van der Waals surface area (Å²) in [4.78, 5) is 29.0. The molecule has 2 fully saturated rings. The lowest BCUT2D eigenvalue weighted by molar-refractivity contribution is -0.119. The highest BCUT2D eigenvalue weighted by molar-refractivity contribution is 7.86. The molecule has 1 aromatic rings. The van der Waals surface area contributed by atoms with Crippen molar-refractivity contribution >= 4 is 33.4 Å².